The van der Waals surface area contributed by atoms with Gasteiger partial charge in [-0.2, -0.15) is 0 Å². The summed E-state index contributed by atoms with van der Waals surface area (Å²) in [6.45, 7) is 2.24. The minimum atomic E-state index is -0.877. The van der Waals surface area contributed by atoms with Crippen molar-refractivity contribution in [2.24, 2.45) is 0 Å². The fourth-order valence-electron chi connectivity index (χ4n) is 3.01. The molecule has 0 radical (unpaired) electrons. The van der Waals surface area contributed by atoms with Crippen molar-refractivity contribution in [3.63, 3.8) is 0 Å². The van der Waals surface area contributed by atoms with Crippen molar-refractivity contribution < 1.29 is 0 Å². The van der Waals surface area contributed by atoms with Gasteiger partial charge in [0.15, 0.2) is 0 Å². The molecule has 0 N–H and O–H groups in total. The van der Waals surface area contributed by atoms with Crippen LogP contribution in [0.4, 0.5) is 0 Å². The number of benzene rings is 3. The molecule has 27 heavy (non-hydrogen) atoms. The van der Waals surface area contributed by atoms with E-state index in [0.717, 1.165) is 0 Å². The van der Waals surface area contributed by atoms with Crippen LogP contribution < -0.4 is 15.9 Å². The van der Waals surface area contributed by atoms with Gasteiger partial charge in [-0.05, 0) is 42.8 Å². The first-order chi connectivity index (χ1) is 13.4. The van der Waals surface area contributed by atoms with Crippen LogP contribution in [0.2, 0.25) is 0 Å². The maximum atomic E-state index is 3.40. The molecule has 3 rings (SSSR count). The van der Waals surface area contributed by atoms with Crippen LogP contribution in [0.15, 0.2) is 91.0 Å². The van der Waals surface area contributed by atoms with Gasteiger partial charge in [0.05, 0.1) is 7.92 Å². The van der Waals surface area contributed by atoms with Crippen LogP contribution in [-0.4, -0.2) is 5.33 Å². The zero-order chi connectivity index (χ0) is 19.2. The SMILES string of the molecule is CCCCCCCBr.c1ccc([PH+](c2ccccc2)c2ccccc2)cc1. The number of halogens is 1. The van der Waals surface area contributed by atoms with Crippen molar-refractivity contribution in [1.82, 2.24) is 0 Å². The molecule has 0 unspecified atom stereocenters. The van der Waals surface area contributed by atoms with E-state index in [4.69, 9.17) is 0 Å². The first-order valence-corrected chi connectivity index (χ1v) is 12.6. The molecule has 0 atom stereocenters. The minimum absolute atomic E-state index is 0.877. The molecular weight excluding hydrogens is 411 g/mol. The molecule has 0 aliphatic carbocycles. The lowest BCUT2D eigenvalue weighted by Crippen LogP contribution is -2.20. The summed E-state index contributed by atoms with van der Waals surface area (Å²) in [5.74, 6) is 0. The second kappa shape index (κ2) is 13.7. The Bertz CT molecular complexity index is 613. The van der Waals surface area contributed by atoms with E-state index < -0.39 is 7.92 Å². The van der Waals surface area contributed by atoms with Crippen molar-refractivity contribution in [3.05, 3.63) is 91.0 Å². The minimum Gasteiger partial charge on any atom is -0.0928 e. The maximum absolute atomic E-state index is 3.40. The van der Waals surface area contributed by atoms with Crippen molar-refractivity contribution in [3.8, 4) is 0 Å². The van der Waals surface area contributed by atoms with Gasteiger partial charge in [0.25, 0.3) is 0 Å². The van der Waals surface area contributed by atoms with Crippen molar-refractivity contribution >= 4 is 39.8 Å². The molecule has 3 aromatic carbocycles. The molecule has 0 aromatic heterocycles. The van der Waals surface area contributed by atoms with E-state index in [1.165, 1.54) is 53.3 Å². The van der Waals surface area contributed by atoms with Crippen LogP contribution in [0.5, 0.6) is 0 Å². The monoisotopic (exact) mass is 441 g/mol. The summed E-state index contributed by atoms with van der Waals surface area (Å²) in [6.07, 6.45) is 6.93. The zero-order valence-corrected chi connectivity index (χ0v) is 18.9. The summed E-state index contributed by atoms with van der Waals surface area (Å²) in [5, 5.41) is 5.48. The average molecular weight is 442 g/mol. The number of hydrogen-bond acceptors (Lipinski definition) is 0. The Kier molecular flexibility index (Phi) is 11.1. The van der Waals surface area contributed by atoms with Gasteiger partial charge in [0.1, 0.15) is 15.9 Å². The van der Waals surface area contributed by atoms with Gasteiger partial charge >= 0.3 is 0 Å². The number of unbranched alkanes of at least 4 members (excludes halogenated alkanes) is 4. The first kappa shape index (κ1) is 21.9. The predicted molar refractivity (Wildman–Crippen MR) is 129 cm³/mol. The summed E-state index contributed by atoms with van der Waals surface area (Å²) in [6, 6.07) is 32.5. The van der Waals surface area contributed by atoms with E-state index in [1.807, 2.05) is 0 Å². The predicted octanol–water partition coefficient (Wildman–Crippen LogP) is 6.53. The Morgan fingerprint density at radius 1 is 0.556 bits per heavy atom. The number of alkyl halides is 1. The third-order valence-electron chi connectivity index (χ3n) is 4.42. The van der Waals surface area contributed by atoms with Crippen LogP contribution in [0.1, 0.15) is 39.0 Å². The van der Waals surface area contributed by atoms with E-state index in [0.29, 0.717) is 0 Å². The largest absolute Gasteiger partial charge is 0.102 e. The quantitative estimate of drug-likeness (QED) is 0.211. The van der Waals surface area contributed by atoms with Crippen molar-refractivity contribution in [2.45, 2.75) is 39.0 Å². The second-order valence-corrected chi connectivity index (χ2v) is 9.85. The smallest absolute Gasteiger partial charge is 0.0928 e. The van der Waals surface area contributed by atoms with E-state index in [-0.39, 0.29) is 0 Å². The summed E-state index contributed by atoms with van der Waals surface area (Å²) in [7, 11) is -0.877. The highest BCUT2D eigenvalue weighted by molar-refractivity contribution is 9.09. The van der Waals surface area contributed by atoms with Crippen molar-refractivity contribution in [1.29, 1.82) is 0 Å². The highest BCUT2D eigenvalue weighted by atomic mass is 79.9. The van der Waals surface area contributed by atoms with Gasteiger partial charge in [0, 0.05) is 5.33 Å². The van der Waals surface area contributed by atoms with E-state index >= 15 is 0 Å². The molecule has 0 saturated carbocycles. The Labute approximate surface area is 174 Å². The topological polar surface area (TPSA) is 0 Å². The molecule has 2 heteroatoms. The fraction of sp³-hybridized carbons (Fsp3) is 0.280. The molecule has 0 aliphatic heterocycles. The molecule has 0 amide bonds. The van der Waals surface area contributed by atoms with Gasteiger partial charge in [-0.15, -0.1) is 0 Å². The highest BCUT2D eigenvalue weighted by Crippen LogP contribution is 2.32. The van der Waals surface area contributed by atoms with Gasteiger partial charge in [-0.1, -0.05) is 103 Å². The lowest BCUT2D eigenvalue weighted by Gasteiger charge is -2.10. The van der Waals surface area contributed by atoms with E-state index in [9.17, 15) is 0 Å². The lowest BCUT2D eigenvalue weighted by molar-refractivity contribution is 0.660. The molecule has 0 nitrogen and oxygen atoms in total. The molecule has 0 saturated heterocycles. The Hall–Kier alpha value is -1.43. The molecule has 0 bridgehead atoms. The van der Waals surface area contributed by atoms with Crippen LogP contribution in [-0.2, 0) is 0 Å². The number of hydrogen-bond donors (Lipinski definition) is 0. The molecule has 0 heterocycles. The van der Waals surface area contributed by atoms with Crippen molar-refractivity contribution in [2.75, 3.05) is 5.33 Å². The molecule has 0 fully saturated rings. The number of rotatable bonds is 8. The highest BCUT2D eigenvalue weighted by Gasteiger charge is 2.24. The third-order valence-corrected chi connectivity index (χ3v) is 7.72. The summed E-state index contributed by atoms with van der Waals surface area (Å²) in [4.78, 5) is 0. The van der Waals surface area contributed by atoms with Gasteiger partial charge in [-0.25, -0.2) is 0 Å². The standard InChI is InChI=1S/C18H15P.C7H15Br/c1-4-10-16(11-5-1)19(17-12-6-2-7-13-17)18-14-8-3-9-15-18;1-2-3-4-5-6-7-8/h1-15H;2-7H2,1H3/p+1. The maximum Gasteiger partial charge on any atom is 0.102 e. The molecule has 3 aromatic rings. The van der Waals surface area contributed by atoms with Crippen LogP contribution >= 0.6 is 23.9 Å². The Morgan fingerprint density at radius 2 is 0.926 bits per heavy atom. The van der Waals surface area contributed by atoms with Crippen LogP contribution in [0.25, 0.3) is 0 Å². The zero-order valence-electron chi connectivity index (χ0n) is 16.3. The van der Waals surface area contributed by atoms with Gasteiger partial charge in [0.2, 0.25) is 0 Å². The van der Waals surface area contributed by atoms with E-state index in [2.05, 4.69) is 114 Å². The summed E-state index contributed by atoms with van der Waals surface area (Å²) < 4.78 is 0. The summed E-state index contributed by atoms with van der Waals surface area (Å²) >= 11 is 3.40. The Balaban J connectivity index is 0.000000279. The van der Waals surface area contributed by atoms with Gasteiger partial charge < -0.3 is 0 Å². The lowest BCUT2D eigenvalue weighted by atomic mass is 10.2. The molecule has 0 aliphatic rings. The summed E-state index contributed by atoms with van der Waals surface area (Å²) in [5.41, 5.74) is 0. The second-order valence-electron chi connectivity index (χ2n) is 6.58. The first-order valence-electron chi connectivity index (χ1n) is 9.96. The Morgan fingerprint density at radius 3 is 1.26 bits per heavy atom. The molecular formula is C25H31BrP+. The van der Waals surface area contributed by atoms with Crippen LogP contribution in [0.3, 0.4) is 0 Å². The normalized spacial score (nSPS) is 10.3. The van der Waals surface area contributed by atoms with Crippen LogP contribution in [0, 0.1) is 0 Å². The molecule has 0 spiro atoms. The average Bonchev–Trinajstić information content (AvgIpc) is 2.74. The fourth-order valence-corrected chi connectivity index (χ4v) is 5.99. The van der Waals surface area contributed by atoms with E-state index in [1.54, 1.807) is 0 Å². The molecule has 142 valence electrons. The van der Waals surface area contributed by atoms with Gasteiger partial charge in [-0.3, -0.25) is 0 Å². The third kappa shape index (κ3) is 7.99.